The summed E-state index contributed by atoms with van der Waals surface area (Å²) in [5.41, 5.74) is 3.67. The van der Waals surface area contributed by atoms with Crippen molar-refractivity contribution in [3.05, 3.63) is 111 Å². The second kappa shape index (κ2) is 10.4. The van der Waals surface area contributed by atoms with E-state index in [1.807, 2.05) is 60.7 Å². The number of nitrogens with zero attached hydrogens (tertiary/aromatic N) is 3. The van der Waals surface area contributed by atoms with Gasteiger partial charge in [-0.05, 0) is 47.9 Å². The van der Waals surface area contributed by atoms with Crippen molar-refractivity contribution in [2.45, 2.75) is 19.6 Å². The summed E-state index contributed by atoms with van der Waals surface area (Å²) in [4.78, 5) is 17.6. The molecule has 0 amide bonds. The molecule has 1 atom stereocenters. The molecule has 1 aliphatic rings. The Morgan fingerprint density at radius 3 is 2.53 bits per heavy atom. The van der Waals surface area contributed by atoms with Gasteiger partial charge in [0.15, 0.2) is 0 Å². The van der Waals surface area contributed by atoms with Gasteiger partial charge in [-0.3, -0.25) is 0 Å². The van der Waals surface area contributed by atoms with Crippen molar-refractivity contribution in [1.29, 1.82) is 0 Å². The minimum Gasteiger partial charge on any atom is -0.489 e. The quantitative estimate of drug-likeness (QED) is 0.294. The predicted molar refractivity (Wildman–Crippen MR) is 139 cm³/mol. The van der Waals surface area contributed by atoms with Gasteiger partial charge in [0.1, 0.15) is 24.7 Å². The van der Waals surface area contributed by atoms with Crippen LogP contribution in [0.1, 0.15) is 29.7 Å². The number of rotatable bonds is 7. The highest BCUT2D eigenvalue weighted by Gasteiger charge is 2.36. The van der Waals surface area contributed by atoms with Gasteiger partial charge >= 0.3 is 5.97 Å². The minimum atomic E-state index is -0.540. The number of hydrogen-bond donors (Lipinski definition) is 1. The van der Waals surface area contributed by atoms with Crippen molar-refractivity contribution >= 4 is 40.8 Å². The number of nitrogens with one attached hydrogen (secondary N) is 1. The lowest BCUT2D eigenvalue weighted by molar-refractivity contribution is -0.138. The molecule has 0 saturated carbocycles. The Kier molecular flexibility index (Phi) is 6.93. The first-order chi connectivity index (χ1) is 17.5. The van der Waals surface area contributed by atoms with Crippen molar-refractivity contribution in [1.82, 2.24) is 14.8 Å². The fourth-order valence-electron chi connectivity index (χ4n) is 4.07. The van der Waals surface area contributed by atoms with Crippen LogP contribution in [0.5, 0.6) is 5.75 Å². The fraction of sp³-hybridized carbons (Fsp3) is 0.148. The molecule has 4 aromatic rings. The largest absolute Gasteiger partial charge is 0.489 e. The van der Waals surface area contributed by atoms with Crippen LogP contribution in [-0.2, 0) is 16.1 Å². The summed E-state index contributed by atoms with van der Waals surface area (Å²) in [5, 5.41) is 8.64. The first-order valence-corrected chi connectivity index (χ1v) is 12.1. The molecule has 182 valence electrons. The predicted octanol–water partition coefficient (Wildman–Crippen LogP) is 6.15. The second-order valence-corrected chi connectivity index (χ2v) is 8.85. The molecule has 1 N–H and O–H groups in total. The van der Waals surface area contributed by atoms with Crippen LogP contribution in [0.15, 0.2) is 84.7 Å². The Morgan fingerprint density at radius 1 is 1.03 bits per heavy atom. The highest BCUT2D eigenvalue weighted by atomic mass is 35.5. The second-order valence-electron chi connectivity index (χ2n) is 8.04. The number of carbonyl (C=O) groups is 1. The summed E-state index contributed by atoms with van der Waals surface area (Å²) < 4.78 is 13.1. The van der Waals surface area contributed by atoms with Crippen LogP contribution in [0, 0.1) is 0 Å². The fourth-order valence-corrected chi connectivity index (χ4v) is 4.39. The van der Waals surface area contributed by atoms with Gasteiger partial charge in [0.05, 0.1) is 27.9 Å². The monoisotopic (exact) mass is 520 g/mol. The Balaban J connectivity index is 1.49. The molecular weight excluding hydrogens is 499 g/mol. The maximum atomic E-state index is 13.2. The molecule has 1 aliphatic heterocycles. The molecule has 2 heterocycles. The van der Waals surface area contributed by atoms with E-state index < -0.39 is 12.0 Å². The highest BCUT2D eigenvalue weighted by molar-refractivity contribution is 6.42. The molecule has 0 radical (unpaired) electrons. The number of fused-ring (bicyclic) bond motifs is 1. The van der Waals surface area contributed by atoms with Gasteiger partial charge in [-0.2, -0.15) is 10.1 Å². The van der Waals surface area contributed by atoms with E-state index in [0.29, 0.717) is 39.6 Å². The number of esters is 1. The number of hydrogen-bond acceptors (Lipinski definition) is 6. The molecule has 36 heavy (non-hydrogen) atoms. The molecule has 0 bridgehead atoms. The summed E-state index contributed by atoms with van der Waals surface area (Å²) in [6.45, 7) is 2.37. The van der Waals surface area contributed by atoms with Crippen LogP contribution in [0.2, 0.25) is 10.0 Å². The molecule has 3 aromatic carbocycles. The SMILES string of the molecule is CCOC(=O)C1=C(c2ccccc2)Nc2ncnn2[C@@H]1c1ccc(OCc2ccc(Cl)c(Cl)c2)cc1. The standard InChI is InChI=1S/C27H22Cl2N4O3/c1-2-35-26(34)23-24(18-6-4-3-5-7-18)32-27-30-16-31-33(27)25(23)19-9-11-20(12-10-19)36-15-17-8-13-21(28)22(29)14-17/h3-14,16,25H,2,15H2,1H3,(H,30,31,32)/t25-/m1/s1. The van der Waals surface area contributed by atoms with Crippen LogP contribution in [0.3, 0.4) is 0 Å². The van der Waals surface area contributed by atoms with Crippen LogP contribution in [-0.4, -0.2) is 27.3 Å². The van der Waals surface area contributed by atoms with Gasteiger partial charge < -0.3 is 14.8 Å². The van der Waals surface area contributed by atoms with Gasteiger partial charge in [-0.1, -0.05) is 71.7 Å². The van der Waals surface area contributed by atoms with E-state index in [1.165, 1.54) is 6.33 Å². The lowest BCUT2D eigenvalue weighted by atomic mass is 9.93. The molecule has 7 nitrogen and oxygen atoms in total. The van der Waals surface area contributed by atoms with E-state index in [4.69, 9.17) is 32.7 Å². The summed E-state index contributed by atoms with van der Waals surface area (Å²) in [7, 11) is 0. The Labute approximate surface area is 218 Å². The summed E-state index contributed by atoms with van der Waals surface area (Å²) in [6.07, 6.45) is 1.46. The van der Waals surface area contributed by atoms with Gasteiger partial charge in [0, 0.05) is 0 Å². The van der Waals surface area contributed by atoms with Crippen molar-refractivity contribution < 1.29 is 14.3 Å². The zero-order valence-corrected chi connectivity index (χ0v) is 20.8. The third kappa shape index (κ3) is 4.80. The number of anilines is 1. The Bertz CT molecular complexity index is 1420. The van der Waals surface area contributed by atoms with Gasteiger partial charge in [-0.15, -0.1) is 0 Å². The molecule has 9 heteroatoms. The van der Waals surface area contributed by atoms with Gasteiger partial charge in [-0.25, -0.2) is 9.48 Å². The third-order valence-electron chi connectivity index (χ3n) is 5.74. The van der Waals surface area contributed by atoms with E-state index in [-0.39, 0.29) is 6.61 Å². The maximum absolute atomic E-state index is 13.2. The number of ether oxygens (including phenoxy) is 2. The summed E-state index contributed by atoms with van der Waals surface area (Å²) in [6, 6.07) is 22.0. The third-order valence-corrected chi connectivity index (χ3v) is 6.48. The summed E-state index contributed by atoms with van der Waals surface area (Å²) in [5.74, 6) is 0.782. The minimum absolute atomic E-state index is 0.253. The number of carbonyl (C=O) groups excluding carboxylic acids is 1. The lowest BCUT2D eigenvalue weighted by Gasteiger charge is -2.29. The number of aromatic nitrogens is 3. The average molecular weight is 521 g/mol. The molecule has 1 aromatic heterocycles. The molecule has 0 aliphatic carbocycles. The normalized spacial score (nSPS) is 14.7. The zero-order chi connectivity index (χ0) is 25.1. The van der Waals surface area contributed by atoms with E-state index >= 15 is 0 Å². The van der Waals surface area contributed by atoms with Crippen LogP contribution >= 0.6 is 23.2 Å². The number of halogens is 2. The van der Waals surface area contributed by atoms with Crippen LogP contribution in [0.4, 0.5) is 5.95 Å². The lowest BCUT2D eigenvalue weighted by Crippen LogP contribution is -2.30. The van der Waals surface area contributed by atoms with Crippen molar-refractivity contribution in [3.8, 4) is 5.75 Å². The van der Waals surface area contributed by atoms with Gasteiger partial charge in [0.25, 0.3) is 0 Å². The summed E-state index contributed by atoms with van der Waals surface area (Å²) >= 11 is 12.1. The zero-order valence-electron chi connectivity index (χ0n) is 19.3. The van der Waals surface area contributed by atoms with Crippen LogP contribution < -0.4 is 10.1 Å². The Hall–Kier alpha value is -3.81. The molecule has 0 spiro atoms. The van der Waals surface area contributed by atoms with E-state index in [2.05, 4.69) is 15.4 Å². The maximum Gasteiger partial charge on any atom is 0.338 e. The number of benzene rings is 3. The first kappa shape index (κ1) is 23.9. The molecule has 0 unspecified atom stereocenters. The topological polar surface area (TPSA) is 78.3 Å². The first-order valence-electron chi connectivity index (χ1n) is 11.3. The average Bonchev–Trinajstić information content (AvgIpc) is 3.38. The van der Waals surface area contributed by atoms with E-state index in [9.17, 15) is 4.79 Å². The van der Waals surface area contributed by atoms with Gasteiger partial charge in [0.2, 0.25) is 5.95 Å². The van der Waals surface area contributed by atoms with E-state index in [1.54, 1.807) is 23.7 Å². The van der Waals surface area contributed by atoms with Crippen molar-refractivity contribution in [2.24, 2.45) is 0 Å². The Morgan fingerprint density at radius 2 is 1.81 bits per heavy atom. The molecule has 0 fully saturated rings. The molecule has 0 saturated heterocycles. The smallest absolute Gasteiger partial charge is 0.338 e. The van der Waals surface area contributed by atoms with Crippen molar-refractivity contribution in [3.63, 3.8) is 0 Å². The van der Waals surface area contributed by atoms with E-state index in [0.717, 1.165) is 16.7 Å². The highest BCUT2D eigenvalue weighted by Crippen LogP contribution is 2.39. The van der Waals surface area contributed by atoms with Crippen LogP contribution in [0.25, 0.3) is 5.70 Å². The van der Waals surface area contributed by atoms with Crippen molar-refractivity contribution in [2.75, 3.05) is 11.9 Å². The molecule has 5 rings (SSSR count). The molecular formula is C27H22Cl2N4O3.